The SMILES string of the molecule is C/C(=C\c1ccc(OCc2ccc(F)cc2)cc1)C(=O)N(N)c1ccccc1. The standard InChI is InChI=1S/C23H21FN2O2/c1-17(23(27)26(25)21-5-3-2-4-6-21)15-18-9-13-22(14-10-18)28-16-19-7-11-20(24)12-8-19/h2-15H,16,25H2,1H3/b17-15+. The molecule has 3 aromatic carbocycles. The van der Waals surface area contributed by atoms with Crippen LogP contribution in [0.1, 0.15) is 18.1 Å². The zero-order valence-corrected chi connectivity index (χ0v) is 15.5. The quantitative estimate of drug-likeness (QED) is 0.293. The molecular formula is C23H21FN2O2. The molecule has 3 rings (SSSR count). The highest BCUT2D eigenvalue weighted by Gasteiger charge is 2.13. The number of rotatable bonds is 6. The Balaban J connectivity index is 1.62. The summed E-state index contributed by atoms with van der Waals surface area (Å²) >= 11 is 0. The molecule has 4 nitrogen and oxygen atoms in total. The van der Waals surface area contributed by atoms with Gasteiger partial charge in [0.2, 0.25) is 0 Å². The van der Waals surface area contributed by atoms with Gasteiger partial charge in [-0.25, -0.2) is 15.2 Å². The number of nitrogens with zero attached hydrogens (tertiary/aromatic N) is 1. The number of hydrogen-bond donors (Lipinski definition) is 1. The van der Waals surface area contributed by atoms with Crippen molar-refractivity contribution in [2.24, 2.45) is 5.84 Å². The van der Waals surface area contributed by atoms with Gasteiger partial charge in [-0.2, -0.15) is 0 Å². The highest BCUT2D eigenvalue weighted by molar-refractivity contribution is 6.07. The molecule has 28 heavy (non-hydrogen) atoms. The van der Waals surface area contributed by atoms with E-state index in [1.54, 1.807) is 37.3 Å². The Bertz CT molecular complexity index is 952. The average Bonchev–Trinajstić information content (AvgIpc) is 2.74. The van der Waals surface area contributed by atoms with Gasteiger partial charge in [0.05, 0.1) is 5.69 Å². The maximum absolute atomic E-state index is 12.9. The molecule has 0 saturated carbocycles. The summed E-state index contributed by atoms with van der Waals surface area (Å²) in [4.78, 5) is 12.5. The largest absolute Gasteiger partial charge is 0.489 e. The fourth-order valence-corrected chi connectivity index (χ4v) is 2.62. The number of benzene rings is 3. The number of hydrogen-bond acceptors (Lipinski definition) is 3. The molecule has 0 aliphatic heterocycles. The summed E-state index contributed by atoms with van der Waals surface area (Å²) in [7, 11) is 0. The first-order valence-corrected chi connectivity index (χ1v) is 8.83. The number of ether oxygens (including phenoxy) is 1. The highest BCUT2D eigenvalue weighted by atomic mass is 19.1. The molecule has 3 aromatic rings. The zero-order valence-electron chi connectivity index (χ0n) is 15.5. The third kappa shape index (κ3) is 5.05. The minimum atomic E-state index is -0.275. The van der Waals surface area contributed by atoms with E-state index in [1.165, 1.54) is 12.1 Å². The van der Waals surface area contributed by atoms with Gasteiger partial charge in [0.1, 0.15) is 18.2 Å². The maximum Gasteiger partial charge on any atom is 0.268 e. The topological polar surface area (TPSA) is 55.6 Å². The predicted molar refractivity (Wildman–Crippen MR) is 109 cm³/mol. The van der Waals surface area contributed by atoms with Crippen molar-refractivity contribution in [1.29, 1.82) is 0 Å². The molecule has 0 aliphatic rings. The molecule has 0 aromatic heterocycles. The van der Waals surface area contributed by atoms with Crippen LogP contribution in [0.3, 0.4) is 0 Å². The van der Waals surface area contributed by atoms with Crippen molar-refractivity contribution in [3.63, 3.8) is 0 Å². The van der Waals surface area contributed by atoms with Crippen LogP contribution in [0.25, 0.3) is 6.08 Å². The van der Waals surface area contributed by atoms with E-state index in [-0.39, 0.29) is 11.7 Å². The lowest BCUT2D eigenvalue weighted by molar-refractivity contribution is -0.115. The van der Waals surface area contributed by atoms with Crippen LogP contribution in [0.5, 0.6) is 5.75 Å². The molecule has 0 aliphatic carbocycles. The van der Waals surface area contributed by atoms with Crippen molar-refractivity contribution in [2.75, 3.05) is 5.01 Å². The number of halogens is 1. The van der Waals surface area contributed by atoms with Gasteiger partial charge in [0, 0.05) is 5.57 Å². The van der Waals surface area contributed by atoms with E-state index in [1.807, 2.05) is 42.5 Å². The normalized spacial score (nSPS) is 11.2. The smallest absolute Gasteiger partial charge is 0.268 e. The van der Waals surface area contributed by atoms with Crippen molar-refractivity contribution < 1.29 is 13.9 Å². The molecule has 0 bridgehead atoms. The van der Waals surface area contributed by atoms with Gasteiger partial charge in [-0.15, -0.1) is 0 Å². The van der Waals surface area contributed by atoms with Gasteiger partial charge in [0.25, 0.3) is 5.91 Å². The zero-order chi connectivity index (χ0) is 19.9. The molecular weight excluding hydrogens is 355 g/mol. The van der Waals surface area contributed by atoms with E-state index in [0.29, 0.717) is 23.6 Å². The molecule has 0 fully saturated rings. The van der Waals surface area contributed by atoms with E-state index in [2.05, 4.69) is 0 Å². The van der Waals surface area contributed by atoms with Crippen molar-refractivity contribution >= 4 is 17.7 Å². The molecule has 2 N–H and O–H groups in total. The first kappa shape index (κ1) is 19.3. The number of para-hydroxylation sites is 1. The van der Waals surface area contributed by atoms with Gasteiger partial charge in [-0.3, -0.25) is 4.79 Å². The van der Waals surface area contributed by atoms with Crippen molar-refractivity contribution in [2.45, 2.75) is 13.5 Å². The highest BCUT2D eigenvalue weighted by Crippen LogP contribution is 2.18. The van der Waals surface area contributed by atoms with Crippen molar-refractivity contribution in [3.8, 4) is 5.75 Å². The van der Waals surface area contributed by atoms with Crippen molar-refractivity contribution in [3.05, 3.63) is 101 Å². The van der Waals surface area contributed by atoms with E-state index >= 15 is 0 Å². The van der Waals surface area contributed by atoms with Crippen LogP contribution in [0.4, 0.5) is 10.1 Å². The molecule has 0 spiro atoms. The number of hydrazine groups is 1. The second-order valence-electron chi connectivity index (χ2n) is 6.32. The fourth-order valence-electron chi connectivity index (χ4n) is 2.62. The first-order chi connectivity index (χ1) is 13.5. The van der Waals surface area contributed by atoms with Gasteiger partial charge in [0.15, 0.2) is 0 Å². The van der Waals surface area contributed by atoms with Crippen LogP contribution in [0, 0.1) is 5.82 Å². The number of carbonyl (C=O) groups is 1. The monoisotopic (exact) mass is 376 g/mol. The van der Waals surface area contributed by atoms with E-state index in [9.17, 15) is 9.18 Å². The first-order valence-electron chi connectivity index (χ1n) is 8.83. The molecule has 5 heteroatoms. The summed E-state index contributed by atoms with van der Waals surface area (Å²) in [6.07, 6.45) is 1.77. The molecule has 0 atom stereocenters. The molecule has 1 amide bonds. The third-order valence-electron chi connectivity index (χ3n) is 4.17. The van der Waals surface area contributed by atoms with Crippen LogP contribution in [0.2, 0.25) is 0 Å². The Labute approximate surface area is 163 Å². The van der Waals surface area contributed by atoms with Gasteiger partial charge >= 0.3 is 0 Å². The van der Waals surface area contributed by atoms with Crippen LogP contribution in [-0.2, 0) is 11.4 Å². The lowest BCUT2D eigenvalue weighted by atomic mass is 10.1. The Morgan fingerprint density at radius 1 is 1.00 bits per heavy atom. The summed E-state index contributed by atoms with van der Waals surface area (Å²) in [5, 5.41) is 1.13. The Morgan fingerprint density at radius 2 is 1.64 bits per heavy atom. The Hall–Kier alpha value is -3.44. The summed E-state index contributed by atoms with van der Waals surface area (Å²) in [5.74, 6) is 6.07. The summed E-state index contributed by atoms with van der Waals surface area (Å²) in [6, 6.07) is 22.6. The maximum atomic E-state index is 12.9. The lowest BCUT2D eigenvalue weighted by Gasteiger charge is -2.16. The minimum Gasteiger partial charge on any atom is -0.489 e. The van der Waals surface area contributed by atoms with E-state index in [0.717, 1.165) is 16.1 Å². The van der Waals surface area contributed by atoms with E-state index < -0.39 is 0 Å². The number of carbonyl (C=O) groups excluding carboxylic acids is 1. The Morgan fingerprint density at radius 3 is 2.29 bits per heavy atom. The minimum absolute atomic E-state index is 0.270. The summed E-state index contributed by atoms with van der Waals surface area (Å²) in [6.45, 7) is 2.08. The van der Waals surface area contributed by atoms with Crippen LogP contribution < -0.4 is 15.6 Å². The molecule has 0 radical (unpaired) electrons. The number of nitrogens with two attached hydrogens (primary N) is 1. The second-order valence-corrected chi connectivity index (χ2v) is 6.32. The fraction of sp³-hybridized carbons (Fsp3) is 0.0870. The molecule has 0 saturated heterocycles. The lowest BCUT2D eigenvalue weighted by Crippen LogP contribution is -2.37. The van der Waals surface area contributed by atoms with Gasteiger partial charge in [-0.05, 0) is 60.5 Å². The second kappa shape index (κ2) is 8.97. The summed E-state index contributed by atoms with van der Waals surface area (Å²) < 4.78 is 18.6. The Kier molecular flexibility index (Phi) is 6.19. The van der Waals surface area contributed by atoms with Gasteiger partial charge in [-0.1, -0.05) is 42.5 Å². The predicted octanol–water partition coefficient (Wildman–Crippen LogP) is 4.71. The number of anilines is 1. The molecule has 142 valence electrons. The van der Waals surface area contributed by atoms with E-state index in [4.69, 9.17) is 10.6 Å². The summed E-state index contributed by atoms with van der Waals surface area (Å²) in [5.41, 5.74) is 2.90. The van der Waals surface area contributed by atoms with Gasteiger partial charge < -0.3 is 4.74 Å². The van der Waals surface area contributed by atoms with Crippen LogP contribution in [0.15, 0.2) is 84.4 Å². The number of amides is 1. The third-order valence-corrected chi connectivity index (χ3v) is 4.17. The van der Waals surface area contributed by atoms with Crippen LogP contribution in [-0.4, -0.2) is 5.91 Å². The van der Waals surface area contributed by atoms with Crippen LogP contribution >= 0.6 is 0 Å². The van der Waals surface area contributed by atoms with Crippen molar-refractivity contribution in [1.82, 2.24) is 0 Å². The average molecular weight is 376 g/mol. The molecule has 0 heterocycles. The molecule has 0 unspecified atom stereocenters.